The van der Waals surface area contributed by atoms with Gasteiger partial charge in [0.2, 0.25) is 0 Å². The summed E-state index contributed by atoms with van der Waals surface area (Å²) in [7, 11) is 0. The maximum atomic E-state index is 13.2. The lowest BCUT2D eigenvalue weighted by molar-refractivity contribution is 0.185. The summed E-state index contributed by atoms with van der Waals surface area (Å²) < 4.78 is 13.2. The summed E-state index contributed by atoms with van der Waals surface area (Å²) in [6.07, 6.45) is 2.07. The van der Waals surface area contributed by atoms with Gasteiger partial charge in [-0.15, -0.1) is 0 Å². The Bertz CT molecular complexity index is 722. The van der Waals surface area contributed by atoms with Gasteiger partial charge in [0, 0.05) is 18.2 Å². The van der Waals surface area contributed by atoms with E-state index in [1.54, 1.807) is 29.2 Å². The number of primary amides is 1. The van der Waals surface area contributed by atoms with Crippen LogP contribution >= 0.6 is 11.6 Å². The van der Waals surface area contributed by atoms with Crippen molar-refractivity contribution < 1.29 is 14.3 Å². The summed E-state index contributed by atoms with van der Waals surface area (Å²) in [5, 5.41) is 9.81. The molecule has 0 saturated carbocycles. The number of nitrogens with zero attached hydrogens (tertiary/aromatic N) is 1. The fourth-order valence-electron chi connectivity index (χ4n) is 3.26. The summed E-state index contributed by atoms with van der Waals surface area (Å²) in [6, 6.07) is 13.0. The van der Waals surface area contributed by atoms with Crippen LogP contribution < -0.4 is 5.73 Å². The van der Waals surface area contributed by atoms with Crippen molar-refractivity contribution in [3.05, 3.63) is 70.5 Å². The predicted molar refractivity (Wildman–Crippen MR) is 106 cm³/mol. The molecule has 2 rings (SSSR count). The molecule has 0 bridgehead atoms. The molecule has 0 unspecified atom stereocenters. The molecule has 0 spiro atoms. The largest absolute Gasteiger partial charge is 0.396 e. The molecule has 0 aliphatic rings. The number of hydrogen-bond donors (Lipinski definition) is 2. The average molecular weight is 393 g/mol. The normalized spacial score (nSPS) is 13.2. The van der Waals surface area contributed by atoms with Crippen LogP contribution in [0.3, 0.4) is 0 Å². The molecule has 0 heterocycles. The highest BCUT2D eigenvalue weighted by Crippen LogP contribution is 2.28. The van der Waals surface area contributed by atoms with E-state index in [1.165, 1.54) is 12.1 Å². The van der Waals surface area contributed by atoms with Gasteiger partial charge in [0.15, 0.2) is 0 Å². The van der Waals surface area contributed by atoms with Crippen molar-refractivity contribution in [3.8, 4) is 0 Å². The van der Waals surface area contributed by atoms with E-state index in [1.807, 2.05) is 19.1 Å². The van der Waals surface area contributed by atoms with Gasteiger partial charge in [-0.1, -0.05) is 35.9 Å². The summed E-state index contributed by atoms with van der Waals surface area (Å²) in [6.45, 7) is 2.49. The molecule has 0 aromatic heterocycles. The number of halogens is 2. The third-order valence-electron chi connectivity index (χ3n) is 4.87. The highest BCUT2D eigenvalue weighted by atomic mass is 35.5. The Morgan fingerprint density at radius 2 is 1.70 bits per heavy atom. The first kappa shape index (κ1) is 21.2. The molecule has 4 nitrogen and oxygen atoms in total. The maximum absolute atomic E-state index is 13.2. The van der Waals surface area contributed by atoms with Gasteiger partial charge in [-0.3, -0.25) is 0 Å². The van der Waals surface area contributed by atoms with Crippen LogP contribution in [0.15, 0.2) is 48.5 Å². The first-order chi connectivity index (χ1) is 12.9. The van der Waals surface area contributed by atoms with E-state index in [2.05, 4.69) is 0 Å². The molecule has 0 radical (unpaired) electrons. The molecular formula is C21H26ClFN2O2. The molecule has 2 atom stereocenters. The van der Waals surface area contributed by atoms with Crippen molar-refractivity contribution in [2.45, 2.75) is 38.1 Å². The second kappa shape index (κ2) is 10.3. The Labute approximate surface area is 164 Å². The Morgan fingerprint density at radius 1 is 1.11 bits per heavy atom. The third kappa shape index (κ3) is 6.22. The van der Waals surface area contributed by atoms with Crippen molar-refractivity contribution in [1.29, 1.82) is 0 Å². The number of carbonyl (C=O) groups is 1. The zero-order valence-electron chi connectivity index (χ0n) is 15.4. The third-order valence-corrected chi connectivity index (χ3v) is 5.13. The van der Waals surface area contributed by atoms with Crippen LogP contribution in [0, 0.1) is 5.82 Å². The monoisotopic (exact) mass is 392 g/mol. The van der Waals surface area contributed by atoms with Gasteiger partial charge >= 0.3 is 6.03 Å². The van der Waals surface area contributed by atoms with E-state index in [4.69, 9.17) is 17.3 Å². The minimum atomic E-state index is -0.488. The van der Waals surface area contributed by atoms with Crippen LogP contribution in [0.25, 0.3) is 0 Å². The Kier molecular flexibility index (Phi) is 8.07. The van der Waals surface area contributed by atoms with E-state index in [0.29, 0.717) is 24.4 Å². The van der Waals surface area contributed by atoms with Crippen LogP contribution in [0.4, 0.5) is 9.18 Å². The lowest BCUT2D eigenvalue weighted by Gasteiger charge is -2.30. The van der Waals surface area contributed by atoms with E-state index in [9.17, 15) is 14.3 Å². The van der Waals surface area contributed by atoms with Crippen molar-refractivity contribution in [1.82, 2.24) is 4.90 Å². The van der Waals surface area contributed by atoms with Crippen molar-refractivity contribution >= 4 is 17.6 Å². The molecule has 0 aliphatic heterocycles. The highest BCUT2D eigenvalue weighted by molar-refractivity contribution is 6.30. The van der Waals surface area contributed by atoms with E-state index in [0.717, 1.165) is 17.5 Å². The van der Waals surface area contributed by atoms with Crippen LogP contribution in [0.1, 0.15) is 49.3 Å². The van der Waals surface area contributed by atoms with E-state index in [-0.39, 0.29) is 24.4 Å². The van der Waals surface area contributed by atoms with E-state index < -0.39 is 6.03 Å². The first-order valence-electron chi connectivity index (χ1n) is 9.10. The van der Waals surface area contributed by atoms with Crippen LogP contribution in [0.5, 0.6) is 0 Å². The minimum Gasteiger partial charge on any atom is -0.396 e. The maximum Gasteiger partial charge on any atom is 0.315 e. The van der Waals surface area contributed by atoms with Crippen molar-refractivity contribution in [2.24, 2.45) is 5.73 Å². The highest BCUT2D eigenvalue weighted by Gasteiger charge is 2.21. The Morgan fingerprint density at radius 3 is 2.26 bits per heavy atom. The van der Waals surface area contributed by atoms with Gasteiger partial charge in [0.25, 0.3) is 0 Å². The number of aliphatic hydroxyl groups excluding tert-OH is 1. The first-order valence-corrected chi connectivity index (χ1v) is 9.48. The van der Waals surface area contributed by atoms with Crippen molar-refractivity contribution in [3.63, 3.8) is 0 Å². The van der Waals surface area contributed by atoms with Gasteiger partial charge in [-0.2, -0.15) is 0 Å². The zero-order chi connectivity index (χ0) is 19.8. The zero-order valence-corrected chi connectivity index (χ0v) is 16.2. The minimum absolute atomic E-state index is 0.0956. The quantitative estimate of drug-likeness (QED) is 0.639. The molecule has 146 valence electrons. The molecule has 2 aromatic carbocycles. The fourth-order valence-corrected chi connectivity index (χ4v) is 3.39. The molecule has 27 heavy (non-hydrogen) atoms. The standard InChI is InChI=1S/C21H26ClFN2O2/c1-15(16-4-8-19(22)9-5-16)25(21(24)27)13-12-17(3-2-14-26)18-6-10-20(23)11-7-18/h4-11,15,17,26H,2-3,12-14H2,1H3,(H2,24,27)/t15-,17-/m0/s1. The molecular weight excluding hydrogens is 367 g/mol. The average Bonchev–Trinajstić information content (AvgIpc) is 2.65. The number of aliphatic hydroxyl groups is 1. The molecule has 0 aliphatic carbocycles. The second-order valence-corrected chi connectivity index (χ2v) is 7.10. The molecule has 2 aromatic rings. The topological polar surface area (TPSA) is 66.6 Å². The van der Waals surface area contributed by atoms with Crippen LogP contribution in [-0.2, 0) is 0 Å². The predicted octanol–water partition coefficient (Wildman–Crippen LogP) is 4.87. The number of carbonyl (C=O) groups excluding carboxylic acids is 1. The van der Waals surface area contributed by atoms with E-state index >= 15 is 0 Å². The number of hydrogen-bond acceptors (Lipinski definition) is 2. The van der Waals surface area contributed by atoms with Crippen LogP contribution in [-0.4, -0.2) is 29.2 Å². The molecule has 0 saturated heterocycles. The SMILES string of the molecule is C[C@@H](c1ccc(Cl)cc1)N(CC[C@H](CCCO)c1ccc(F)cc1)C(N)=O. The van der Waals surface area contributed by atoms with Gasteiger partial charge in [-0.05, 0) is 67.5 Å². The number of rotatable bonds is 9. The second-order valence-electron chi connectivity index (χ2n) is 6.66. The van der Waals surface area contributed by atoms with Gasteiger partial charge in [-0.25, -0.2) is 9.18 Å². The summed E-state index contributed by atoms with van der Waals surface area (Å²) >= 11 is 5.94. The van der Waals surface area contributed by atoms with Crippen molar-refractivity contribution in [2.75, 3.05) is 13.2 Å². The molecule has 6 heteroatoms. The summed E-state index contributed by atoms with van der Waals surface area (Å²) in [4.78, 5) is 13.6. The number of urea groups is 1. The fraction of sp³-hybridized carbons (Fsp3) is 0.381. The molecule has 3 N–H and O–H groups in total. The summed E-state index contributed by atoms with van der Waals surface area (Å²) in [5.41, 5.74) is 7.57. The number of nitrogens with two attached hydrogens (primary N) is 1. The Balaban J connectivity index is 2.11. The van der Waals surface area contributed by atoms with Gasteiger partial charge in [0.1, 0.15) is 5.82 Å². The van der Waals surface area contributed by atoms with Crippen LogP contribution in [0.2, 0.25) is 5.02 Å². The lowest BCUT2D eigenvalue weighted by Crippen LogP contribution is -2.39. The van der Waals surface area contributed by atoms with Gasteiger partial charge < -0.3 is 15.7 Å². The van der Waals surface area contributed by atoms with Gasteiger partial charge in [0.05, 0.1) is 6.04 Å². The lowest BCUT2D eigenvalue weighted by atomic mass is 9.90. The summed E-state index contributed by atoms with van der Waals surface area (Å²) in [5.74, 6) is -0.174. The molecule has 2 amide bonds. The molecule has 0 fully saturated rings. The number of amides is 2. The Hall–Kier alpha value is -2.11. The smallest absolute Gasteiger partial charge is 0.315 e. The number of benzene rings is 2.